The van der Waals surface area contributed by atoms with Gasteiger partial charge in [-0.15, -0.1) is 0 Å². The third kappa shape index (κ3) is 2.80. The van der Waals surface area contributed by atoms with Crippen molar-refractivity contribution in [2.75, 3.05) is 0 Å². The largest absolute Gasteiger partial charge is 0.346 e. The normalized spacial score (nSPS) is 24.1. The Balaban J connectivity index is 1.45. The summed E-state index contributed by atoms with van der Waals surface area (Å²) >= 11 is 3.43. The molecule has 4 rings (SSSR count). The van der Waals surface area contributed by atoms with Crippen molar-refractivity contribution >= 4 is 21.8 Å². The van der Waals surface area contributed by atoms with E-state index in [0.717, 1.165) is 29.3 Å². The molecule has 0 radical (unpaired) electrons. The number of carbonyl (C=O) groups is 1. The van der Waals surface area contributed by atoms with Gasteiger partial charge in [0.05, 0.1) is 5.54 Å². The van der Waals surface area contributed by atoms with Crippen molar-refractivity contribution in [1.29, 1.82) is 0 Å². The highest BCUT2D eigenvalue weighted by Gasteiger charge is 2.51. The lowest BCUT2D eigenvalue weighted by molar-refractivity contribution is -0.123. The molecule has 2 aromatic rings. The summed E-state index contributed by atoms with van der Waals surface area (Å²) in [6.07, 6.45) is 2.68. The summed E-state index contributed by atoms with van der Waals surface area (Å²) < 4.78 is 14.9. The van der Waals surface area contributed by atoms with E-state index in [1.165, 1.54) is 6.07 Å². The number of halogens is 2. The summed E-state index contributed by atoms with van der Waals surface area (Å²) in [5, 5.41) is 3.21. The molecule has 2 aliphatic carbocycles. The van der Waals surface area contributed by atoms with Crippen molar-refractivity contribution in [2.24, 2.45) is 5.92 Å². The van der Waals surface area contributed by atoms with E-state index in [2.05, 4.69) is 33.4 Å². The van der Waals surface area contributed by atoms with Gasteiger partial charge in [0.1, 0.15) is 5.82 Å². The first-order chi connectivity index (χ1) is 11.1. The molecule has 2 aromatic carbocycles. The lowest BCUT2D eigenvalue weighted by Crippen LogP contribution is -2.36. The second-order valence-corrected chi connectivity index (χ2v) is 7.46. The van der Waals surface area contributed by atoms with E-state index in [-0.39, 0.29) is 29.1 Å². The van der Waals surface area contributed by atoms with Crippen molar-refractivity contribution in [3.8, 4) is 0 Å². The molecule has 23 heavy (non-hydrogen) atoms. The van der Waals surface area contributed by atoms with Crippen LogP contribution in [-0.4, -0.2) is 5.91 Å². The van der Waals surface area contributed by atoms with Gasteiger partial charge in [-0.1, -0.05) is 46.3 Å². The molecule has 0 bridgehead atoms. The van der Waals surface area contributed by atoms with Gasteiger partial charge in [-0.05, 0) is 54.5 Å². The maximum absolute atomic E-state index is 13.8. The summed E-state index contributed by atoms with van der Waals surface area (Å²) in [6, 6.07) is 14.9. The Hall–Kier alpha value is -1.68. The maximum atomic E-state index is 13.8. The van der Waals surface area contributed by atoms with Crippen molar-refractivity contribution in [1.82, 2.24) is 5.32 Å². The summed E-state index contributed by atoms with van der Waals surface area (Å²) in [5.74, 6) is -0.225. The molecule has 1 N–H and O–H groups in total. The summed E-state index contributed by atoms with van der Waals surface area (Å²) in [4.78, 5) is 12.6. The van der Waals surface area contributed by atoms with Crippen molar-refractivity contribution in [2.45, 2.75) is 30.7 Å². The predicted octanol–water partition coefficient (Wildman–Crippen LogP) is 4.50. The van der Waals surface area contributed by atoms with E-state index < -0.39 is 0 Å². The van der Waals surface area contributed by atoms with E-state index >= 15 is 0 Å². The van der Waals surface area contributed by atoms with Crippen molar-refractivity contribution < 1.29 is 9.18 Å². The average Bonchev–Trinajstić information content (AvgIpc) is 3.43. The van der Waals surface area contributed by atoms with Crippen LogP contribution in [0.15, 0.2) is 53.0 Å². The van der Waals surface area contributed by atoms with Gasteiger partial charge in [0.15, 0.2) is 0 Å². The molecule has 0 heterocycles. The van der Waals surface area contributed by atoms with Crippen molar-refractivity contribution in [3.05, 3.63) is 69.9 Å². The summed E-state index contributed by atoms with van der Waals surface area (Å²) in [6.45, 7) is 0. The zero-order valence-corrected chi connectivity index (χ0v) is 14.1. The van der Waals surface area contributed by atoms with Crippen LogP contribution in [0.1, 0.15) is 36.3 Å². The Morgan fingerprint density at radius 1 is 1.13 bits per heavy atom. The second kappa shape index (κ2) is 5.45. The summed E-state index contributed by atoms with van der Waals surface area (Å²) in [7, 11) is 0. The van der Waals surface area contributed by atoms with Crippen LogP contribution in [0.5, 0.6) is 0 Å². The maximum Gasteiger partial charge on any atom is 0.224 e. The smallest absolute Gasteiger partial charge is 0.224 e. The Bertz CT molecular complexity index is 754. The molecule has 4 heteroatoms. The molecule has 0 saturated heterocycles. The third-order valence-corrected chi connectivity index (χ3v) is 5.47. The van der Waals surface area contributed by atoms with Crippen LogP contribution in [0.2, 0.25) is 0 Å². The first-order valence-electron chi connectivity index (χ1n) is 7.92. The van der Waals surface area contributed by atoms with Crippen LogP contribution in [0.4, 0.5) is 4.39 Å². The molecular weight excluding hydrogens is 357 g/mol. The molecule has 0 aromatic heterocycles. The van der Waals surface area contributed by atoms with E-state index in [9.17, 15) is 9.18 Å². The number of hydrogen-bond acceptors (Lipinski definition) is 1. The molecule has 1 amide bonds. The van der Waals surface area contributed by atoms with Crippen LogP contribution in [-0.2, 0) is 10.3 Å². The molecule has 2 aliphatic rings. The number of carbonyl (C=O) groups excluding carboxylic acids is 1. The first kappa shape index (κ1) is 14.9. The highest BCUT2D eigenvalue weighted by molar-refractivity contribution is 9.10. The number of nitrogens with one attached hydrogen (secondary N) is 1. The quantitative estimate of drug-likeness (QED) is 0.839. The molecule has 0 spiro atoms. The van der Waals surface area contributed by atoms with Crippen molar-refractivity contribution in [3.63, 3.8) is 0 Å². The Kier molecular flexibility index (Phi) is 3.52. The topological polar surface area (TPSA) is 29.1 Å². The van der Waals surface area contributed by atoms with Crippen LogP contribution in [0.25, 0.3) is 0 Å². The zero-order chi connectivity index (χ0) is 16.0. The van der Waals surface area contributed by atoms with E-state index in [4.69, 9.17) is 0 Å². The van der Waals surface area contributed by atoms with Crippen LogP contribution >= 0.6 is 15.9 Å². The highest BCUT2D eigenvalue weighted by Crippen LogP contribution is 2.51. The number of amides is 1. The van der Waals surface area contributed by atoms with Gasteiger partial charge < -0.3 is 5.32 Å². The number of rotatable bonds is 4. The van der Waals surface area contributed by atoms with Crippen LogP contribution in [0.3, 0.4) is 0 Å². The van der Waals surface area contributed by atoms with Gasteiger partial charge >= 0.3 is 0 Å². The third-order valence-electron chi connectivity index (χ3n) is 4.94. The van der Waals surface area contributed by atoms with Gasteiger partial charge in [0.25, 0.3) is 0 Å². The monoisotopic (exact) mass is 373 g/mol. The minimum Gasteiger partial charge on any atom is -0.346 e. The molecule has 2 saturated carbocycles. The van der Waals surface area contributed by atoms with Gasteiger partial charge in [-0.3, -0.25) is 4.79 Å². The fraction of sp³-hybridized carbons (Fsp3) is 0.316. The molecule has 2 unspecified atom stereocenters. The lowest BCUT2D eigenvalue weighted by Gasteiger charge is -2.18. The minimum absolute atomic E-state index is 0.0249. The molecule has 2 atom stereocenters. The molecule has 2 fully saturated rings. The predicted molar refractivity (Wildman–Crippen MR) is 90.4 cm³/mol. The molecule has 118 valence electrons. The fourth-order valence-corrected chi connectivity index (χ4v) is 3.58. The average molecular weight is 374 g/mol. The zero-order valence-electron chi connectivity index (χ0n) is 12.6. The van der Waals surface area contributed by atoms with Gasteiger partial charge in [-0.25, -0.2) is 4.39 Å². The highest BCUT2D eigenvalue weighted by atomic mass is 79.9. The number of hydrogen-bond donors (Lipinski definition) is 1. The first-order valence-corrected chi connectivity index (χ1v) is 8.71. The van der Waals surface area contributed by atoms with Crippen LogP contribution in [0, 0.1) is 11.7 Å². The molecular formula is C19H17BrFNO. The van der Waals surface area contributed by atoms with Gasteiger partial charge in [-0.2, -0.15) is 0 Å². The van der Waals surface area contributed by atoms with Crippen LogP contribution < -0.4 is 5.32 Å². The lowest BCUT2D eigenvalue weighted by atomic mass is 10.0. The minimum atomic E-state index is -0.208. The second-order valence-electron chi connectivity index (χ2n) is 6.55. The molecule has 2 nitrogen and oxygen atoms in total. The van der Waals surface area contributed by atoms with Gasteiger partial charge in [0, 0.05) is 10.4 Å². The Labute approximate surface area is 143 Å². The van der Waals surface area contributed by atoms with E-state index in [0.29, 0.717) is 5.56 Å². The summed E-state index contributed by atoms with van der Waals surface area (Å²) in [5.41, 5.74) is 1.61. The molecule has 0 aliphatic heterocycles. The van der Waals surface area contributed by atoms with E-state index in [1.807, 2.05) is 18.2 Å². The Morgan fingerprint density at radius 2 is 1.83 bits per heavy atom. The fourth-order valence-electron chi connectivity index (χ4n) is 3.31. The Morgan fingerprint density at radius 3 is 2.48 bits per heavy atom. The number of benzene rings is 2. The standard InChI is InChI=1S/C19H17BrFNO/c20-13-7-5-12(6-8-13)19(9-10-19)22-18(23)16-11-15(16)14-3-1-2-4-17(14)21/h1-8,15-16H,9-11H2,(H,22,23). The van der Waals surface area contributed by atoms with E-state index in [1.54, 1.807) is 12.1 Å². The SMILES string of the molecule is O=C(NC1(c2ccc(Br)cc2)CC1)C1CC1c1ccccc1F. The van der Waals surface area contributed by atoms with Gasteiger partial charge in [0.2, 0.25) is 5.91 Å².